The molecule has 2 amide bonds. The van der Waals surface area contributed by atoms with Crippen LogP contribution < -0.4 is 10.6 Å². The molecule has 0 radical (unpaired) electrons. The number of hydrogen-bond acceptors (Lipinski definition) is 8. The molecule has 2 atom stereocenters. The highest BCUT2D eigenvalue weighted by Gasteiger charge is 2.32. The number of fused-ring (bicyclic) bond motifs is 1. The van der Waals surface area contributed by atoms with Crippen molar-refractivity contribution in [1.29, 1.82) is 0 Å². The van der Waals surface area contributed by atoms with Crippen molar-refractivity contribution in [2.75, 3.05) is 5.75 Å². The Morgan fingerprint density at radius 1 is 0.791 bits per heavy atom. The highest BCUT2D eigenvalue weighted by Crippen LogP contribution is 2.18. The van der Waals surface area contributed by atoms with Crippen LogP contribution in [-0.2, 0) is 36.4 Å². The zero-order valence-corrected chi connectivity index (χ0v) is 24.0. The van der Waals surface area contributed by atoms with Crippen LogP contribution in [-0.4, -0.2) is 59.9 Å². The molecule has 43 heavy (non-hydrogen) atoms. The first kappa shape index (κ1) is 31.1. The molecule has 12 heteroatoms. The van der Waals surface area contributed by atoms with E-state index in [1.54, 1.807) is 54.6 Å². The van der Waals surface area contributed by atoms with Gasteiger partial charge in [0.15, 0.2) is 15.4 Å². The first-order valence-electron chi connectivity index (χ1n) is 13.6. The number of Topliss-reactive ketones (excluding diaryl/α,β-unsaturated/α-hetero) is 1. The van der Waals surface area contributed by atoms with Crippen molar-refractivity contribution < 1.29 is 37.1 Å². The summed E-state index contributed by atoms with van der Waals surface area (Å²) in [4.78, 5) is 54.9. The molecule has 1 heterocycles. The van der Waals surface area contributed by atoms with E-state index >= 15 is 0 Å². The van der Waals surface area contributed by atoms with Gasteiger partial charge in [0.1, 0.15) is 11.6 Å². The van der Waals surface area contributed by atoms with Crippen LogP contribution in [0.3, 0.4) is 0 Å². The van der Waals surface area contributed by atoms with E-state index in [1.807, 2.05) is 30.3 Å². The van der Waals surface area contributed by atoms with Gasteiger partial charge in [-0.05, 0) is 36.1 Å². The third kappa shape index (κ3) is 9.33. The lowest BCUT2D eigenvalue weighted by atomic mass is 10.0. The molecule has 0 aliphatic rings. The second kappa shape index (κ2) is 14.4. The van der Waals surface area contributed by atoms with E-state index in [2.05, 4.69) is 15.6 Å². The van der Waals surface area contributed by atoms with Crippen molar-refractivity contribution in [3.63, 3.8) is 0 Å². The first-order valence-corrected chi connectivity index (χ1v) is 15.4. The molecular formula is C31H31N3O8S. The van der Waals surface area contributed by atoms with Crippen molar-refractivity contribution in [2.45, 2.75) is 43.5 Å². The summed E-state index contributed by atoms with van der Waals surface area (Å²) in [6.45, 7) is 0. The van der Waals surface area contributed by atoms with Crippen LogP contribution in [0.25, 0.3) is 11.1 Å². The minimum Gasteiger partial charge on any atom is -0.481 e. The molecule has 224 valence electrons. The SMILES string of the molecule is O=C(O)CCC(=O)N[C@@H](CS(=O)(=O)Cc1ccccc1)C(=O)N[C@@H](CCc1ccccc1)C(=O)c1nc2ccccc2o1. The number of para-hydroxylation sites is 2. The van der Waals surface area contributed by atoms with Crippen LogP contribution in [0.2, 0.25) is 0 Å². The molecule has 0 aliphatic heterocycles. The van der Waals surface area contributed by atoms with E-state index < -0.39 is 64.1 Å². The lowest BCUT2D eigenvalue weighted by Crippen LogP contribution is -2.54. The number of aromatic nitrogens is 1. The summed E-state index contributed by atoms with van der Waals surface area (Å²) in [6, 6.07) is 21.6. The standard InChI is InChI=1S/C31H31N3O8S/c35-27(17-18-28(36)37)32-25(20-43(40,41)19-22-11-5-2-6-12-22)30(39)33-24(16-15-21-9-3-1-4-10-21)29(38)31-34-23-13-7-8-14-26(23)42-31/h1-14,24-25H,15-20H2,(H,32,35)(H,33,39)(H,36,37)/t24-,25-/m0/s1. The molecule has 0 saturated carbocycles. The van der Waals surface area contributed by atoms with Gasteiger partial charge in [-0.1, -0.05) is 72.8 Å². The topological polar surface area (TPSA) is 173 Å². The van der Waals surface area contributed by atoms with E-state index in [9.17, 15) is 27.6 Å². The Labute approximate surface area is 248 Å². The zero-order valence-electron chi connectivity index (χ0n) is 23.1. The van der Waals surface area contributed by atoms with Crippen molar-refractivity contribution in [3.8, 4) is 0 Å². The van der Waals surface area contributed by atoms with Gasteiger partial charge in [-0.25, -0.2) is 13.4 Å². The van der Waals surface area contributed by atoms with Gasteiger partial charge in [-0.3, -0.25) is 19.2 Å². The normalized spacial score (nSPS) is 12.7. The van der Waals surface area contributed by atoms with Crippen LogP contribution in [0, 0.1) is 0 Å². The van der Waals surface area contributed by atoms with Crippen molar-refractivity contribution in [1.82, 2.24) is 15.6 Å². The fraction of sp³-hybridized carbons (Fsp3) is 0.258. The van der Waals surface area contributed by atoms with Crippen molar-refractivity contribution >= 4 is 44.5 Å². The number of hydrogen-bond donors (Lipinski definition) is 3. The molecular weight excluding hydrogens is 574 g/mol. The van der Waals surface area contributed by atoms with E-state index in [1.165, 1.54) is 0 Å². The number of amides is 2. The number of ketones is 1. The number of nitrogens with zero attached hydrogens (tertiary/aromatic N) is 1. The molecule has 1 aromatic heterocycles. The summed E-state index contributed by atoms with van der Waals surface area (Å²) in [5, 5.41) is 13.9. The van der Waals surface area contributed by atoms with Gasteiger partial charge in [-0.15, -0.1) is 0 Å². The second-order valence-corrected chi connectivity index (χ2v) is 12.1. The van der Waals surface area contributed by atoms with Crippen LogP contribution in [0.15, 0.2) is 89.3 Å². The van der Waals surface area contributed by atoms with E-state index in [4.69, 9.17) is 9.52 Å². The summed E-state index contributed by atoms with van der Waals surface area (Å²) in [7, 11) is -3.94. The zero-order chi connectivity index (χ0) is 30.8. The summed E-state index contributed by atoms with van der Waals surface area (Å²) < 4.78 is 31.8. The molecule has 4 aromatic rings. The van der Waals surface area contributed by atoms with Gasteiger partial charge >= 0.3 is 5.97 Å². The molecule has 4 rings (SSSR count). The van der Waals surface area contributed by atoms with Crippen molar-refractivity contribution in [3.05, 3.63) is 102 Å². The number of carbonyl (C=O) groups is 4. The maximum absolute atomic E-state index is 13.6. The van der Waals surface area contributed by atoms with Gasteiger partial charge in [0.05, 0.1) is 24.0 Å². The highest BCUT2D eigenvalue weighted by atomic mass is 32.2. The Kier molecular flexibility index (Phi) is 10.4. The molecule has 0 fully saturated rings. The quantitative estimate of drug-likeness (QED) is 0.172. The maximum atomic E-state index is 13.6. The van der Waals surface area contributed by atoms with E-state index in [0.29, 0.717) is 23.1 Å². The van der Waals surface area contributed by atoms with Crippen LogP contribution in [0.4, 0.5) is 0 Å². The summed E-state index contributed by atoms with van der Waals surface area (Å²) in [5.41, 5.74) is 2.23. The molecule has 3 aromatic carbocycles. The number of aryl methyl sites for hydroxylation is 1. The van der Waals surface area contributed by atoms with Crippen LogP contribution in [0.1, 0.15) is 41.1 Å². The number of rotatable bonds is 15. The molecule has 3 N–H and O–H groups in total. The fourth-order valence-corrected chi connectivity index (χ4v) is 6.00. The predicted octanol–water partition coefficient (Wildman–Crippen LogP) is 3.09. The largest absolute Gasteiger partial charge is 0.481 e. The summed E-state index contributed by atoms with van der Waals surface area (Å²) in [6.07, 6.45) is -0.451. The van der Waals surface area contributed by atoms with Crippen LogP contribution >= 0.6 is 0 Å². The monoisotopic (exact) mass is 605 g/mol. The van der Waals surface area contributed by atoms with Gasteiger partial charge in [0.2, 0.25) is 17.6 Å². The third-order valence-corrected chi connectivity index (χ3v) is 8.18. The smallest absolute Gasteiger partial charge is 0.303 e. The van der Waals surface area contributed by atoms with Gasteiger partial charge < -0.3 is 20.2 Å². The minimum absolute atomic E-state index is 0.129. The number of nitrogens with one attached hydrogen (secondary N) is 2. The van der Waals surface area contributed by atoms with Crippen molar-refractivity contribution in [2.24, 2.45) is 0 Å². The Morgan fingerprint density at radius 2 is 1.42 bits per heavy atom. The first-order chi connectivity index (χ1) is 20.6. The number of aliphatic carboxylic acids is 1. The second-order valence-electron chi connectivity index (χ2n) is 9.99. The Balaban J connectivity index is 1.58. The molecule has 0 aliphatic carbocycles. The van der Waals surface area contributed by atoms with Crippen LogP contribution in [0.5, 0.6) is 0 Å². The average Bonchev–Trinajstić information content (AvgIpc) is 3.42. The Hall–Kier alpha value is -4.84. The molecule has 0 spiro atoms. The number of oxazole rings is 1. The van der Waals surface area contributed by atoms with Gasteiger partial charge in [0, 0.05) is 6.42 Å². The summed E-state index contributed by atoms with van der Waals surface area (Å²) in [5.74, 6) is -4.96. The highest BCUT2D eigenvalue weighted by molar-refractivity contribution is 7.90. The number of sulfone groups is 1. The Bertz CT molecular complexity index is 1650. The average molecular weight is 606 g/mol. The van der Waals surface area contributed by atoms with Gasteiger partial charge in [-0.2, -0.15) is 0 Å². The maximum Gasteiger partial charge on any atom is 0.303 e. The number of carboxylic acid groups (broad SMARTS) is 1. The number of carbonyl (C=O) groups excluding carboxylic acids is 3. The minimum atomic E-state index is -3.94. The lowest BCUT2D eigenvalue weighted by molar-refractivity contribution is -0.139. The third-order valence-electron chi connectivity index (χ3n) is 6.57. The molecule has 0 bridgehead atoms. The predicted molar refractivity (Wildman–Crippen MR) is 158 cm³/mol. The summed E-state index contributed by atoms with van der Waals surface area (Å²) >= 11 is 0. The van der Waals surface area contributed by atoms with Gasteiger partial charge in [0.25, 0.3) is 5.89 Å². The molecule has 0 unspecified atom stereocenters. The van der Waals surface area contributed by atoms with E-state index in [-0.39, 0.29) is 18.1 Å². The number of benzene rings is 3. The number of carboxylic acids is 1. The fourth-order valence-electron chi connectivity index (χ4n) is 4.43. The lowest BCUT2D eigenvalue weighted by Gasteiger charge is -2.22. The molecule has 11 nitrogen and oxygen atoms in total. The Morgan fingerprint density at radius 3 is 2.07 bits per heavy atom. The molecule has 0 saturated heterocycles. The van der Waals surface area contributed by atoms with E-state index in [0.717, 1.165) is 5.56 Å².